The average molecular weight is 270 g/mol. The minimum absolute atomic E-state index is 0.0959. The van der Waals surface area contributed by atoms with E-state index in [4.69, 9.17) is 4.74 Å². The van der Waals surface area contributed by atoms with Gasteiger partial charge in [0.1, 0.15) is 11.2 Å². The van der Waals surface area contributed by atoms with Gasteiger partial charge in [0.05, 0.1) is 7.11 Å². The molecule has 1 aliphatic rings. The maximum atomic E-state index is 13.3. The first-order chi connectivity index (χ1) is 8.85. The Morgan fingerprint density at radius 1 is 1.47 bits per heavy atom. The van der Waals surface area contributed by atoms with Crippen molar-refractivity contribution in [2.45, 2.75) is 19.0 Å². The second-order valence-corrected chi connectivity index (χ2v) is 4.60. The van der Waals surface area contributed by atoms with Crippen LogP contribution in [0.5, 0.6) is 5.75 Å². The molecule has 0 fully saturated rings. The molecule has 0 bridgehead atoms. The lowest BCUT2D eigenvalue weighted by molar-refractivity contribution is -0.201. The molecule has 0 aliphatic heterocycles. The molecule has 0 saturated heterocycles. The molecular formula is C14H13F3O2. The number of rotatable bonds is 3. The topological polar surface area (TPSA) is 26.3 Å². The first-order valence-electron chi connectivity index (χ1n) is 5.75. The molecule has 0 spiro atoms. The van der Waals surface area contributed by atoms with Crippen LogP contribution in [0.1, 0.15) is 22.3 Å². The number of ketones is 1. The fraction of sp³-hybridized carbons (Fsp3) is 0.357. The molecule has 2 rings (SSSR count). The lowest BCUT2D eigenvalue weighted by Gasteiger charge is -2.28. The zero-order valence-electron chi connectivity index (χ0n) is 10.4. The molecule has 1 aromatic rings. The Kier molecular flexibility index (Phi) is 3.16. The standard InChI is InChI=1S/C14H13F3O2/c1-3-6-13(14(15,16)17)8-9-4-5-10(19-2)7-11(9)12(13)18/h3-5,7H,1,6,8H2,2H3. The van der Waals surface area contributed by atoms with E-state index in [9.17, 15) is 18.0 Å². The zero-order chi connectivity index (χ0) is 14.3. The van der Waals surface area contributed by atoms with E-state index in [2.05, 4.69) is 6.58 Å². The van der Waals surface area contributed by atoms with E-state index in [1.807, 2.05) is 0 Å². The third kappa shape index (κ3) is 1.93. The van der Waals surface area contributed by atoms with Crippen molar-refractivity contribution in [2.24, 2.45) is 5.41 Å². The minimum Gasteiger partial charge on any atom is -0.497 e. The SMILES string of the molecule is C=CCC1(C(F)(F)F)Cc2ccc(OC)cc2C1=O. The number of hydrogen-bond acceptors (Lipinski definition) is 2. The Hall–Kier alpha value is -1.78. The van der Waals surface area contributed by atoms with Crippen LogP contribution in [0, 0.1) is 5.41 Å². The fourth-order valence-electron chi connectivity index (χ4n) is 2.47. The van der Waals surface area contributed by atoms with Crippen LogP contribution in [0.2, 0.25) is 0 Å². The Balaban J connectivity index is 2.54. The van der Waals surface area contributed by atoms with E-state index < -0.39 is 23.8 Å². The molecule has 1 aromatic carbocycles. The number of halogens is 3. The van der Waals surface area contributed by atoms with Gasteiger partial charge in [-0.25, -0.2) is 0 Å². The van der Waals surface area contributed by atoms with E-state index in [0.717, 1.165) is 6.08 Å². The molecule has 1 unspecified atom stereocenters. The van der Waals surface area contributed by atoms with Crippen LogP contribution in [-0.4, -0.2) is 19.1 Å². The largest absolute Gasteiger partial charge is 0.497 e. The van der Waals surface area contributed by atoms with E-state index in [1.54, 1.807) is 6.07 Å². The number of methoxy groups -OCH3 is 1. The van der Waals surface area contributed by atoms with Crippen molar-refractivity contribution in [3.63, 3.8) is 0 Å². The summed E-state index contributed by atoms with van der Waals surface area (Å²) < 4.78 is 44.9. The summed E-state index contributed by atoms with van der Waals surface area (Å²) in [6, 6.07) is 4.45. The van der Waals surface area contributed by atoms with Gasteiger partial charge in [0.25, 0.3) is 0 Å². The maximum Gasteiger partial charge on any atom is 0.402 e. The molecule has 2 nitrogen and oxygen atoms in total. The molecule has 102 valence electrons. The van der Waals surface area contributed by atoms with Gasteiger partial charge in [-0.3, -0.25) is 4.79 Å². The lowest BCUT2D eigenvalue weighted by atomic mass is 9.79. The van der Waals surface area contributed by atoms with Crippen molar-refractivity contribution < 1.29 is 22.7 Å². The summed E-state index contributed by atoms with van der Waals surface area (Å²) in [5.74, 6) is -0.516. The lowest BCUT2D eigenvalue weighted by Crippen LogP contribution is -2.43. The van der Waals surface area contributed by atoms with Gasteiger partial charge in [-0.2, -0.15) is 13.2 Å². The second kappa shape index (κ2) is 4.40. The second-order valence-electron chi connectivity index (χ2n) is 4.60. The highest BCUT2D eigenvalue weighted by atomic mass is 19.4. The van der Waals surface area contributed by atoms with Gasteiger partial charge in [0.2, 0.25) is 0 Å². The Morgan fingerprint density at radius 3 is 2.68 bits per heavy atom. The molecule has 0 amide bonds. The molecule has 0 saturated carbocycles. The van der Waals surface area contributed by atoms with Crippen LogP contribution < -0.4 is 4.74 Å². The molecular weight excluding hydrogens is 257 g/mol. The number of carbonyl (C=O) groups excluding carboxylic acids is 1. The quantitative estimate of drug-likeness (QED) is 0.785. The smallest absolute Gasteiger partial charge is 0.402 e. The number of allylic oxidation sites excluding steroid dienone is 1. The van der Waals surface area contributed by atoms with Gasteiger partial charge < -0.3 is 4.74 Å². The normalized spacial score (nSPS) is 22.2. The average Bonchev–Trinajstić information content (AvgIpc) is 2.63. The van der Waals surface area contributed by atoms with Crippen LogP contribution in [0.25, 0.3) is 0 Å². The summed E-state index contributed by atoms with van der Waals surface area (Å²) >= 11 is 0. The van der Waals surface area contributed by atoms with E-state index >= 15 is 0 Å². The Morgan fingerprint density at radius 2 is 2.16 bits per heavy atom. The van der Waals surface area contributed by atoms with Crippen molar-refractivity contribution in [2.75, 3.05) is 7.11 Å². The van der Waals surface area contributed by atoms with E-state index in [-0.39, 0.29) is 12.0 Å². The summed E-state index contributed by atoms with van der Waals surface area (Å²) in [6.45, 7) is 3.34. The Labute approximate surface area is 108 Å². The third-order valence-electron chi connectivity index (χ3n) is 3.52. The van der Waals surface area contributed by atoms with Crippen molar-refractivity contribution in [1.29, 1.82) is 0 Å². The first-order valence-corrected chi connectivity index (χ1v) is 5.75. The van der Waals surface area contributed by atoms with Crippen molar-refractivity contribution in [3.8, 4) is 5.75 Å². The van der Waals surface area contributed by atoms with Crippen LogP contribution >= 0.6 is 0 Å². The molecule has 0 N–H and O–H groups in total. The molecule has 19 heavy (non-hydrogen) atoms. The molecule has 1 aliphatic carbocycles. The highest BCUT2D eigenvalue weighted by Gasteiger charge is 2.62. The number of ether oxygens (including phenoxy) is 1. The van der Waals surface area contributed by atoms with Gasteiger partial charge in [-0.1, -0.05) is 12.1 Å². The van der Waals surface area contributed by atoms with Crippen LogP contribution in [0.3, 0.4) is 0 Å². The number of hydrogen-bond donors (Lipinski definition) is 0. The van der Waals surface area contributed by atoms with Crippen LogP contribution in [-0.2, 0) is 6.42 Å². The summed E-state index contributed by atoms with van der Waals surface area (Å²) in [4.78, 5) is 12.2. The van der Waals surface area contributed by atoms with Gasteiger partial charge >= 0.3 is 6.18 Å². The van der Waals surface area contributed by atoms with Gasteiger partial charge in [0.15, 0.2) is 5.78 Å². The first kappa shape index (κ1) is 13.6. The molecule has 5 heteroatoms. The number of fused-ring (bicyclic) bond motifs is 1. The van der Waals surface area contributed by atoms with E-state index in [0.29, 0.717) is 11.3 Å². The van der Waals surface area contributed by atoms with Crippen LogP contribution in [0.15, 0.2) is 30.9 Å². The summed E-state index contributed by atoms with van der Waals surface area (Å²) in [6.07, 6.45) is -4.19. The molecule has 0 heterocycles. The predicted molar refractivity (Wildman–Crippen MR) is 64.3 cm³/mol. The van der Waals surface area contributed by atoms with Crippen molar-refractivity contribution >= 4 is 5.78 Å². The van der Waals surface area contributed by atoms with E-state index in [1.165, 1.54) is 19.2 Å². The predicted octanol–water partition coefficient (Wildman–Crippen LogP) is 3.56. The zero-order valence-corrected chi connectivity index (χ0v) is 10.4. The Bertz CT molecular complexity index is 534. The molecule has 0 radical (unpaired) electrons. The minimum atomic E-state index is -4.59. The highest BCUT2D eigenvalue weighted by Crippen LogP contribution is 2.51. The highest BCUT2D eigenvalue weighted by molar-refractivity contribution is 6.06. The van der Waals surface area contributed by atoms with Gasteiger partial charge in [-0.05, 0) is 30.5 Å². The fourth-order valence-corrected chi connectivity index (χ4v) is 2.47. The number of alkyl halides is 3. The van der Waals surface area contributed by atoms with Crippen LogP contribution in [0.4, 0.5) is 13.2 Å². The van der Waals surface area contributed by atoms with Gasteiger partial charge in [0, 0.05) is 5.56 Å². The third-order valence-corrected chi connectivity index (χ3v) is 3.52. The van der Waals surface area contributed by atoms with Crippen molar-refractivity contribution in [1.82, 2.24) is 0 Å². The number of benzene rings is 1. The summed E-state index contributed by atoms with van der Waals surface area (Å²) in [5, 5.41) is 0. The maximum absolute atomic E-state index is 13.3. The number of carbonyl (C=O) groups is 1. The van der Waals surface area contributed by atoms with Crippen molar-refractivity contribution in [3.05, 3.63) is 42.0 Å². The molecule has 1 atom stereocenters. The summed E-state index contributed by atoms with van der Waals surface area (Å²) in [5.41, 5.74) is -1.87. The molecule has 0 aromatic heterocycles. The summed E-state index contributed by atoms with van der Waals surface area (Å²) in [7, 11) is 1.40. The van der Waals surface area contributed by atoms with Gasteiger partial charge in [-0.15, -0.1) is 6.58 Å². The monoisotopic (exact) mass is 270 g/mol. The number of Topliss-reactive ketones (excluding diaryl/α,β-unsaturated/α-hetero) is 1.